The van der Waals surface area contributed by atoms with Gasteiger partial charge in [0.25, 0.3) is 0 Å². The van der Waals surface area contributed by atoms with E-state index in [-0.39, 0.29) is 11.8 Å². The van der Waals surface area contributed by atoms with Crippen molar-refractivity contribution in [1.82, 2.24) is 14.9 Å². The summed E-state index contributed by atoms with van der Waals surface area (Å²) >= 11 is 1.34. The van der Waals surface area contributed by atoms with Crippen LogP contribution in [0.15, 0.2) is 0 Å². The van der Waals surface area contributed by atoms with Gasteiger partial charge in [-0.2, -0.15) is 0 Å². The highest BCUT2D eigenvalue weighted by Crippen LogP contribution is 2.28. The Morgan fingerprint density at radius 2 is 2.06 bits per heavy atom. The number of hydrogen-bond donors (Lipinski definition) is 1. The molecule has 1 N–H and O–H groups in total. The van der Waals surface area contributed by atoms with Crippen LogP contribution in [0.25, 0.3) is 0 Å². The molecule has 0 bridgehead atoms. The Hall–Kier alpha value is -0.530. The Balaban J connectivity index is 2.83. The second-order valence-electron chi connectivity index (χ2n) is 4.44. The SMILES string of the molecule is CNC(CCS(C)(=O)=O)c1snnc1C(C)C. The molecule has 1 rings (SSSR count). The molecule has 1 aromatic rings. The standard InChI is InChI=1S/C10H19N3O2S2/c1-7(2)9-10(16-13-12-9)8(11-3)5-6-17(4,14)15/h7-8,11H,5-6H2,1-4H3. The molecular formula is C10H19N3O2S2. The maximum atomic E-state index is 11.2. The highest BCUT2D eigenvalue weighted by Gasteiger charge is 2.20. The van der Waals surface area contributed by atoms with Crippen molar-refractivity contribution < 1.29 is 8.42 Å². The molecular weight excluding hydrogens is 258 g/mol. The Morgan fingerprint density at radius 1 is 1.41 bits per heavy atom. The first kappa shape index (κ1) is 14.5. The number of rotatable bonds is 6. The maximum Gasteiger partial charge on any atom is 0.147 e. The van der Waals surface area contributed by atoms with Gasteiger partial charge in [-0.05, 0) is 30.9 Å². The fourth-order valence-electron chi connectivity index (χ4n) is 1.58. The highest BCUT2D eigenvalue weighted by molar-refractivity contribution is 7.90. The van der Waals surface area contributed by atoms with E-state index in [4.69, 9.17) is 0 Å². The molecule has 0 aliphatic rings. The van der Waals surface area contributed by atoms with Crippen molar-refractivity contribution in [2.75, 3.05) is 19.1 Å². The molecule has 0 spiro atoms. The van der Waals surface area contributed by atoms with Gasteiger partial charge in [0, 0.05) is 12.3 Å². The molecule has 0 saturated heterocycles. The van der Waals surface area contributed by atoms with Gasteiger partial charge in [-0.25, -0.2) is 8.42 Å². The topological polar surface area (TPSA) is 72.0 Å². The summed E-state index contributed by atoms with van der Waals surface area (Å²) in [6, 6.07) is 0.0159. The Labute approximate surface area is 107 Å². The molecule has 1 atom stereocenters. The fourth-order valence-corrected chi connectivity index (χ4v) is 3.20. The Morgan fingerprint density at radius 3 is 2.53 bits per heavy atom. The lowest BCUT2D eigenvalue weighted by molar-refractivity contribution is 0.558. The Kier molecular flexibility index (Phi) is 5.03. The zero-order valence-corrected chi connectivity index (χ0v) is 12.2. The maximum absolute atomic E-state index is 11.2. The van der Waals surface area contributed by atoms with E-state index in [1.807, 2.05) is 7.05 Å². The monoisotopic (exact) mass is 277 g/mol. The van der Waals surface area contributed by atoms with Gasteiger partial charge in [-0.3, -0.25) is 0 Å². The lowest BCUT2D eigenvalue weighted by Gasteiger charge is -2.15. The molecule has 1 heterocycles. The molecule has 0 aliphatic heterocycles. The molecule has 0 aromatic carbocycles. The molecule has 7 heteroatoms. The van der Waals surface area contributed by atoms with Crippen LogP contribution in [0, 0.1) is 0 Å². The third-order valence-corrected chi connectivity index (χ3v) is 4.36. The normalized spacial score (nSPS) is 14.2. The molecule has 98 valence electrons. The average molecular weight is 277 g/mol. The number of sulfone groups is 1. The molecule has 0 amide bonds. The fraction of sp³-hybridized carbons (Fsp3) is 0.800. The van der Waals surface area contributed by atoms with Crippen LogP contribution in [-0.4, -0.2) is 37.1 Å². The van der Waals surface area contributed by atoms with Crippen molar-refractivity contribution in [2.45, 2.75) is 32.2 Å². The number of nitrogens with zero attached hydrogens (tertiary/aromatic N) is 2. The van der Waals surface area contributed by atoms with Crippen LogP contribution in [0.4, 0.5) is 0 Å². The summed E-state index contributed by atoms with van der Waals surface area (Å²) in [5, 5.41) is 7.25. The smallest absolute Gasteiger partial charge is 0.147 e. The van der Waals surface area contributed by atoms with Crippen molar-refractivity contribution in [3.8, 4) is 0 Å². The summed E-state index contributed by atoms with van der Waals surface area (Å²) in [7, 11) is -1.10. The predicted molar refractivity (Wildman–Crippen MR) is 70.1 cm³/mol. The van der Waals surface area contributed by atoms with E-state index in [0.29, 0.717) is 12.3 Å². The van der Waals surface area contributed by atoms with Crippen LogP contribution in [0.2, 0.25) is 0 Å². The first-order chi connectivity index (χ1) is 7.85. The molecule has 1 unspecified atom stereocenters. The number of aromatic nitrogens is 2. The van der Waals surface area contributed by atoms with Gasteiger partial charge in [0.1, 0.15) is 9.84 Å². The average Bonchev–Trinajstić information content (AvgIpc) is 2.66. The third-order valence-electron chi connectivity index (χ3n) is 2.53. The first-order valence-electron chi connectivity index (χ1n) is 5.52. The van der Waals surface area contributed by atoms with Gasteiger partial charge < -0.3 is 5.32 Å². The van der Waals surface area contributed by atoms with Crippen molar-refractivity contribution >= 4 is 21.4 Å². The molecule has 0 aliphatic carbocycles. The van der Waals surface area contributed by atoms with Crippen LogP contribution in [0.3, 0.4) is 0 Å². The minimum absolute atomic E-state index is 0.0159. The Bertz CT molecular complexity index is 454. The minimum atomic E-state index is -2.93. The van der Waals surface area contributed by atoms with Crippen molar-refractivity contribution in [3.05, 3.63) is 10.6 Å². The molecule has 17 heavy (non-hydrogen) atoms. The molecule has 0 saturated carbocycles. The van der Waals surface area contributed by atoms with E-state index in [9.17, 15) is 8.42 Å². The van der Waals surface area contributed by atoms with Crippen molar-refractivity contribution in [2.24, 2.45) is 0 Å². The van der Waals surface area contributed by atoms with Crippen LogP contribution in [0.5, 0.6) is 0 Å². The van der Waals surface area contributed by atoms with E-state index in [1.165, 1.54) is 17.8 Å². The van der Waals surface area contributed by atoms with Gasteiger partial charge in [0.15, 0.2) is 0 Å². The lowest BCUT2D eigenvalue weighted by Crippen LogP contribution is -2.20. The van der Waals surface area contributed by atoms with Gasteiger partial charge in [-0.15, -0.1) is 5.10 Å². The molecule has 1 aromatic heterocycles. The zero-order chi connectivity index (χ0) is 13.1. The van der Waals surface area contributed by atoms with Gasteiger partial charge in [0.05, 0.1) is 16.3 Å². The summed E-state index contributed by atoms with van der Waals surface area (Å²) in [6.45, 7) is 4.12. The molecule has 5 nitrogen and oxygen atoms in total. The quantitative estimate of drug-likeness (QED) is 0.850. The van der Waals surface area contributed by atoms with Gasteiger partial charge >= 0.3 is 0 Å². The second-order valence-corrected chi connectivity index (χ2v) is 7.48. The molecule has 0 fully saturated rings. The lowest BCUT2D eigenvalue weighted by atomic mass is 10.0. The summed E-state index contributed by atoms with van der Waals surface area (Å²) in [6.07, 6.45) is 1.81. The highest BCUT2D eigenvalue weighted by atomic mass is 32.2. The second kappa shape index (κ2) is 5.88. The van der Waals surface area contributed by atoms with E-state index in [1.54, 1.807) is 0 Å². The van der Waals surface area contributed by atoms with Crippen LogP contribution in [0.1, 0.15) is 42.8 Å². The van der Waals surface area contributed by atoms with Gasteiger partial charge in [0.2, 0.25) is 0 Å². The van der Waals surface area contributed by atoms with Crippen molar-refractivity contribution in [3.63, 3.8) is 0 Å². The van der Waals surface area contributed by atoms with E-state index >= 15 is 0 Å². The molecule has 0 radical (unpaired) electrons. The van der Waals surface area contributed by atoms with Crippen LogP contribution in [-0.2, 0) is 9.84 Å². The largest absolute Gasteiger partial charge is 0.312 e. The first-order valence-corrected chi connectivity index (χ1v) is 8.35. The summed E-state index contributed by atoms with van der Waals surface area (Å²) in [4.78, 5) is 1.05. The number of nitrogens with one attached hydrogen (secondary N) is 1. The van der Waals surface area contributed by atoms with E-state index in [0.717, 1.165) is 10.6 Å². The number of hydrogen-bond acceptors (Lipinski definition) is 6. The van der Waals surface area contributed by atoms with E-state index < -0.39 is 9.84 Å². The van der Waals surface area contributed by atoms with Crippen molar-refractivity contribution in [1.29, 1.82) is 0 Å². The zero-order valence-electron chi connectivity index (χ0n) is 10.6. The van der Waals surface area contributed by atoms with Crippen LogP contribution >= 0.6 is 11.5 Å². The summed E-state index contributed by atoms with van der Waals surface area (Å²) in [5.74, 6) is 0.478. The predicted octanol–water partition coefficient (Wildman–Crippen LogP) is 1.36. The van der Waals surface area contributed by atoms with Gasteiger partial charge in [-0.1, -0.05) is 18.3 Å². The summed E-state index contributed by atoms with van der Waals surface area (Å²) in [5.41, 5.74) is 0.961. The minimum Gasteiger partial charge on any atom is -0.312 e. The third kappa shape index (κ3) is 4.33. The van der Waals surface area contributed by atoms with E-state index in [2.05, 4.69) is 28.8 Å². The summed E-state index contributed by atoms with van der Waals surface area (Å²) < 4.78 is 26.3. The van der Waals surface area contributed by atoms with Crippen LogP contribution < -0.4 is 5.32 Å².